The summed E-state index contributed by atoms with van der Waals surface area (Å²) in [7, 11) is 0. The van der Waals surface area contributed by atoms with Gasteiger partial charge in [-0.3, -0.25) is 0 Å². The third-order valence-corrected chi connectivity index (χ3v) is 3.76. The molecule has 5 nitrogen and oxygen atoms in total. The average Bonchev–Trinajstić information content (AvgIpc) is 2.80. The second-order valence-electron chi connectivity index (χ2n) is 3.99. The number of halogens is 1. The Morgan fingerprint density at radius 3 is 2.85 bits per heavy atom. The third kappa shape index (κ3) is 2.56. The molecule has 2 heterocycles. The number of aromatic carboxylic acids is 1. The summed E-state index contributed by atoms with van der Waals surface area (Å²) in [6.07, 6.45) is 1.30. The fraction of sp³-hybridized carbons (Fsp3) is 0. The van der Waals surface area contributed by atoms with Gasteiger partial charge in [0.2, 0.25) is 0 Å². The van der Waals surface area contributed by atoms with Crippen LogP contribution in [0.4, 0.5) is 10.9 Å². The number of nitrogens with one attached hydrogen (secondary N) is 1. The van der Waals surface area contributed by atoms with Crippen molar-refractivity contribution in [2.24, 2.45) is 0 Å². The van der Waals surface area contributed by atoms with Crippen molar-refractivity contribution >= 4 is 50.1 Å². The molecule has 0 aliphatic heterocycles. The van der Waals surface area contributed by atoms with Gasteiger partial charge in [0.25, 0.3) is 0 Å². The fourth-order valence-corrected chi connectivity index (χ4v) is 2.80. The van der Waals surface area contributed by atoms with E-state index >= 15 is 0 Å². The Kier molecular flexibility index (Phi) is 3.25. The Morgan fingerprint density at radius 1 is 1.30 bits per heavy atom. The molecule has 2 N–H and O–H groups in total. The lowest BCUT2D eigenvalue weighted by Crippen LogP contribution is -1.98. The molecule has 1 aromatic carbocycles. The number of anilines is 2. The number of aromatic nitrogens is 2. The molecule has 3 aromatic rings. The highest BCUT2D eigenvalue weighted by Crippen LogP contribution is 2.29. The van der Waals surface area contributed by atoms with E-state index in [4.69, 9.17) is 16.7 Å². The van der Waals surface area contributed by atoms with Crippen LogP contribution in [0.3, 0.4) is 0 Å². The van der Waals surface area contributed by atoms with Gasteiger partial charge in [0.05, 0.1) is 15.8 Å². The number of nitrogens with zero attached hydrogens (tertiary/aromatic N) is 2. The maximum atomic E-state index is 10.7. The lowest BCUT2D eigenvalue weighted by Gasteiger charge is -2.01. The molecule has 20 heavy (non-hydrogen) atoms. The van der Waals surface area contributed by atoms with Crippen molar-refractivity contribution in [2.75, 3.05) is 5.32 Å². The first-order chi connectivity index (χ1) is 9.61. The minimum atomic E-state index is -1.00. The molecule has 100 valence electrons. The van der Waals surface area contributed by atoms with Gasteiger partial charge in [0, 0.05) is 11.2 Å². The number of carboxylic acid groups (broad SMARTS) is 1. The molecule has 0 radical (unpaired) electrons. The third-order valence-electron chi connectivity index (χ3n) is 2.60. The number of thiazole rings is 1. The predicted molar refractivity (Wildman–Crippen MR) is 79.1 cm³/mol. The van der Waals surface area contributed by atoms with E-state index in [2.05, 4.69) is 15.3 Å². The summed E-state index contributed by atoms with van der Waals surface area (Å²) in [5.74, 6) is -0.459. The molecule has 0 amide bonds. The molecule has 0 saturated heterocycles. The van der Waals surface area contributed by atoms with E-state index in [-0.39, 0.29) is 5.56 Å². The Balaban J connectivity index is 1.87. The van der Waals surface area contributed by atoms with Crippen LogP contribution in [0.1, 0.15) is 10.4 Å². The van der Waals surface area contributed by atoms with Gasteiger partial charge >= 0.3 is 5.97 Å². The van der Waals surface area contributed by atoms with Crippen molar-refractivity contribution in [3.8, 4) is 0 Å². The molecular weight excluding hydrogens is 298 g/mol. The number of carboxylic acids is 1. The molecule has 0 saturated carbocycles. The van der Waals surface area contributed by atoms with Crippen LogP contribution < -0.4 is 5.32 Å². The number of hydrogen-bond donors (Lipinski definition) is 2. The SMILES string of the molecule is O=C(O)c1ccc(Nc2nc3ccc(Cl)cc3s2)nc1. The van der Waals surface area contributed by atoms with Gasteiger partial charge in [-0.1, -0.05) is 22.9 Å². The summed E-state index contributed by atoms with van der Waals surface area (Å²) in [5.41, 5.74) is 0.996. The predicted octanol–water partition coefficient (Wildman–Crippen LogP) is 3.79. The summed E-state index contributed by atoms with van der Waals surface area (Å²) < 4.78 is 0.974. The van der Waals surface area contributed by atoms with Gasteiger partial charge in [-0.2, -0.15) is 0 Å². The van der Waals surface area contributed by atoms with Crippen molar-refractivity contribution in [2.45, 2.75) is 0 Å². The maximum absolute atomic E-state index is 10.7. The van der Waals surface area contributed by atoms with E-state index in [0.29, 0.717) is 16.0 Å². The van der Waals surface area contributed by atoms with E-state index < -0.39 is 5.97 Å². The van der Waals surface area contributed by atoms with Gasteiger partial charge in [-0.25, -0.2) is 14.8 Å². The first-order valence-corrected chi connectivity index (χ1v) is 6.84. The normalized spacial score (nSPS) is 10.7. The number of fused-ring (bicyclic) bond motifs is 1. The number of carbonyl (C=O) groups is 1. The number of pyridine rings is 1. The van der Waals surface area contributed by atoms with E-state index in [1.807, 2.05) is 12.1 Å². The number of rotatable bonds is 3. The standard InChI is InChI=1S/C13H8ClN3O2S/c14-8-2-3-9-10(5-8)20-13(16-9)17-11-4-1-7(6-15-11)12(18)19/h1-6H,(H,18,19)(H,15,16,17). The Labute approximate surface area is 122 Å². The van der Waals surface area contributed by atoms with E-state index in [1.54, 1.807) is 12.1 Å². The van der Waals surface area contributed by atoms with E-state index in [1.165, 1.54) is 23.6 Å². The largest absolute Gasteiger partial charge is 0.478 e. The molecule has 0 aliphatic carbocycles. The Bertz CT molecular complexity index is 786. The first kappa shape index (κ1) is 12.8. The summed E-state index contributed by atoms with van der Waals surface area (Å²) >= 11 is 7.38. The first-order valence-electron chi connectivity index (χ1n) is 5.64. The van der Waals surface area contributed by atoms with E-state index in [0.717, 1.165) is 10.2 Å². The second kappa shape index (κ2) is 5.07. The Hall–Kier alpha value is -2.18. The topological polar surface area (TPSA) is 75.1 Å². The molecule has 0 spiro atoms. The smallest absolute Gasteiger partial charge is 0.337 e. The zero-order valence-electron chi connectivity index (χ0n) is 10.0. The highest BCUT2D eigenvalue weighted by Gasteiger charge is 2.07. The monoisotopic (exact) mass is 305 g/mol. The van der Waals surface area contributed by atoms with Crippen LogP contribution in [0, 0.1) is 0 Å². The van der Waals surface area contributed by atoms with Crippen molar-refractivity contribution in [3.05, 3.63) is 47.1 Å². The van der Waals surface area contributed by atoms with Crippen LogP contribution in [0.2, 0.25) is 5.02 Å². The highest BCUT2D eigenvalue weighted by molar-refractivity contribution is 7.22. The molecule has 0 atom stereocenters. The van der Waals surface area contributed by atoms with Crippen molar-refractivity contribution in [1.29, 1.82) is 0 Å². The molecule has 7 heteroatoms. The van der Waals surface area contributed by atoms with Gasteiger partial charge in [-0.05, 0) is 30.3 Å². The van der Waals surface area contributed by atoms with Crippen LogP contribution in [0.15, 0.2) is 36.5 Å². The second-order valence-corrected chi connectivity index (χ2v) is 5.46. The average molecular weight is 306 g/mol. The molecule has 3 rings (SSSR count). The zero-order valence-corrected chi connectivity index (χ0v) is 11.6. The highest BCUT2D eigenvalue weighted by atomic mass is 35.5. The molecule has 2 aromatic heterocycles. The van der Waals surface area contributed by atoms with Gasteiger partial charge in [0.1, 0.15) is 5.82 Å². The quantitative estimate of drug-likeness (QED) is 0.770. The molecule has 0 fully saturated rings. The van der Waals surface area contributed by atoms with Gasteiger partial charge < -0.3 is 10.4 Å². The summed E-state index contributed by atoms with van der Waals surface area (Å²) in [6.45, 7) is 0. The summed E-state index contributed by atoms with van der Waals surface area (Å²) in [6, 6.07) is 8.57. The van der Waals surface area contributed by atoms with Gasteiger partial charge in [0.15, 0.2) is 5.13 Å². The summed E-state index contributed by atoms with van der Waals surface area (Å²) in [5, 5.41) is 13.2. The lowest BCUT2D eigenvalue weighted by atomic mass is 10.3. The van der Waals surface area contributed by atoms with Crippen molar-refractivity contribution < 1.29 is 9.90 Å². The van der Waals surface area contributed by atoms with Crippen LogP contribution in [-0.4, -0.2) is 21.0 Å². The van der Waals surface area contributed by atoms with E-state index in [9.17, 15) is 4.79 Å². The van der Waals surface area contributed by atoms with Crippen molar-refractivity contribution in [3.63, 3.8) is 0 Å². The molecule has 0 bridgehead atoms. The number of hydrogen-bond acceptors (Lipinski definition) is 5. The van der Waals surface area contributed by atoms with Crippen LogP contribution in [0.5, 0.6) is 0 Å². The molecule has 0 aliphatic rings. The Morgan fingerprint density at radius 2 is 2.15 bits per heavy atom. The number of benzene rings is 1. The minimum Gasteiger partial charge on any atom is -0.478 e. The van der Waals surface area contributed by atoms with Crippen molar-refractivity contribution in [1.82, 2.24) is 9.97 Å². The van der Waals surface area contributed by atoms with Gasteiger partial charge in [-0.15, -0.1) is 0 Å². The molecular formula is C13H8ClN3O2S. The minimum absolute atomic E-state index is 0.145. The van der Waals surface area contributed by atoms with Crippen LogP contribution >= 0.6 is 22.9 Å². The lowest BCUT2D eigenvalue weighted by molar-refractivity contribution is 0.0696. The van der Waals surface area contributed by atoms with Crippen LogP contribution in [-0.2, 0) is 0 Å². The van der Waals surface area contributed by atoms with Crippen LogP contribution in [0.25, 0.3) is 10.2 Å². The maximum Gasteiger partial charge on any atom is 0.337 e. The molecule has 0 unspecified atom stereocenters. The summed E-state index contributed by atoms with van der Waals surface area (Å²) in [4.78, 5) is 19.2. The zero-order chi connectivity index (χ0) is 14.1. The fourth-order valence-electron chi connectivity index (χ4n) is 1.66.